The molecule has 0 aromatic heterocycles. The molecular weight excluding hydrogens is 252 g/mol. The molecule has 7 heteroatoms. The van der Waals surface area contributed by atoms with Crippen LogP contribution in [0.2, 0.25) is 0 Å². The maximum Gasteiger partial charge on any atom is 0.407 e. The molecule has 0 aromatic rings. The van der Waals surface area contributed by atoms with Gasteiger partial charge >= 0.3 is 12.1 Å². The Balaban J connectivity index is 2.52. The lowest BCUT2D eigenvalue weighted by molar-refractivity contribution is -0.135. The Morgan fingerprint density at radius 3 is 2.63 bits per heavy atom. The Bertz CT molecular complexity index is 394. The number of carbonyl (C=O) groups excluding carboxylic acids is 2. The molecule has 0 aromatic carbocycles. The van der Waals surface area contributed by atoms with Gasteiger partial charge in [-0.3, -0.25) is 9.69 Å². The molecule has 1 rings (SSSR count). The van der Waals surface area contributed by atoms with Gasteiger partial charge in [0.05, 0.1) is 7.11 Å². The Morgan fingerprint density at radius 1 is 1.53 bits per heavy atom. The molecule has 106 valence electrons. The molecule has 1 fully saturated rings. The number of esters is 1. The van der Waals surface area contributed by atoms with E-state index in [-0.39, 0.29) is 11.9 Å². The largest absolute Gasteiger partial charge is 0.466 e. The van der Waals surface area contributed by atoms with E-state index >= 15 is 0 Å². The van der Waals surface area contributed by atoms with Gasteiger partial charge in [0.2, 0.25) is 5.91 Å². The molecule has 1 aliphatic heterocycles. The first kappa shape index (κ1) is 15.0. The summed E-state index contributed by atoms with van der Waals surface area (Å²) in [4.78, 5) is 34.7. The van der Waals surface area contributed by atoms with Crippen LogP contribution in [0, 0.1) is 0 Å². The van der Waals surface area contributed by atoms with Crippen molar-refractivity contribution in [3.05, 3.63) is 12.2 Å². The molecular formula is C12H18N2O5. The highest BCUT2D eigenvalue weighted by atomic mass is 16.5. The minimum absolute atomic E-state index is 0.317. The molecule has 2 amide bonds. The van der Waals surface area contributed by atoms with Gasteiger partial charge in [0.15, 0.2) is 0 Å². The summed E-state index contributed by atoms with van der Waals surface area (Å²) in [6.45, 7) is 2.23. The number of methoxy groups -OCH3 is 1. The number of nitrogens with one attached hydrogen (secondary N) is 1. The Hall–Kier alpha value is -2.05. The van der Waals surface area contributed by atoms with Gasteiger partial charge in [-0.15, -0.1) is 0 Å². The second-order valence-corrected chi connectivity index (χ2v) is 4.19. The fourth-order valence-corrected chi connectivity index (χ4v) is 1.72. The van der Waals surface area contributed by atoms with Crippen molar-refractivity contribution in [3.63, 3.8) is 0 Å². The second-order valence-electron chi connectivity index (χ2n) is 4.19. The number of nitrogens with zero attached hydrogens (tertiary/aromatic N) is 1. The standard InChI is InChI=1S/C12H18N2O5/c1-3-8(4-5-10(15)19-2)13-11(16)9-6-7-14(9)12(17)18/h4-5,8-9H,3,6-7H2,1-2H3,(H,13,16)(H,17,18)/b5-4+/t8-,9-/m0/s1. The van der Waals surface area contributed by atoms with Crippen LogP contribution in [0.5, 0.6) is 0 Å². The highest BCUT2D eigenvalue weighted by Gasteiger charge is 2.37. The first-order chi connectivity index (χ1) is 8.99. The van der Waals surface area contributed by atoms with Crippen LogP contribution in [-0.4, -0.2) is 53.7 Å². The smallest absolute Gasteiger partial charge is 0.407 e. The average molecular weight is 270 g/mol. The van der Waals surface area contributed by atoms with Gasteiger partial charge < -0.3 is 15.2 Å². The van der Waals surface area contributed by atoms with E-state index in [1.54, 1.807) is 0 Å². The monoisotopic (exact) mass is 270 g/mol. The van der Waals surface area contributed by atoms with Gasteiger partial charge in [-0.05, 0) is 12.8 Å². The van der Waals surface area contributed by atoms with Crippen molar-refractivity contribution in [1.29, 1.82) is 0 Å². The zero-order valence-electron chi connectivity index (χ0n) is 11.0. The molecule has 19 heavy (non-hydrogen) atoms. The summed E-state index contributed by atoms with van der Waals surface area (Å²) in [6.07, 6.45) is 2.80. The Morgan fingerprint density at radius 2 is 2.21 bits per heavy atom. The zero-order chi connectivity index (χ0) is 14.4. The average Bonchev–Trinajstić information content (AvgIpc) is 2.31. The third-order valence-electron chi connectivity index (χ3n) is 3.00. The summed E-state index contributed by atoms with van der Waals surface area (Å²) in [6, 6.07) is -0.944. The number of hydrogen-bond donors (Lipinski definition) is 2. The van der Waals surface area contributed by atoms with Crippen molar-refractivity contribution in [2.45, 2.75) is 31.8 Å². The Kier molecular flexibility index (Phi) is 5.35. The lowest BCUT2D eigenvalue weighted by Crippen LogP contribution is -2.59. The van der Waals surface area contributed by atoms with Crippen molar-refractivity contribution in [2.24, 2.45) is 0 Å². The van der Waals surface area contributed by atoms with E-state index in [0.29, 0.717) is 19.4 Å². The van der Waals surface area contributed by atoms with Crippen molar-refractivity contribution >= 4 is 18.0 Å². The van der Waals surface area contributed by atoms with Crippen molar-refractivity contribution in [1.82, 2.24) is 10.2 Å². The van der Waals surface area contributed by atoms with E-state index in [4.69, 9.17) is 5.11 Å². The van der Waals surface area contributed by atoms with Crippen molar-refractivity contribution in [3.8, 4) is 0 Å². The van der Waals surface area contributed by atoms with Crippen molar-refractivity contribution < 1.29 is 24.2 Å². The van der Waals surface area contributed by atoms with Gasteiger partial charge in [0.25, 0.3) is 0 Å². The third-order valence-corrected chi connectivity index (χ3v) is 3.00. The summed E-state index contributed by atoms with van der Waals surface area (Å²) in [7, 11) is 1.27. The van der Waals surface area contributed by atoms with Crippen LogP contribution in [-0.2, 0) is 14.3 Å². The lowest BCUT2D eigenvalue weighted by Gasteiger charge is -2.37. The molecule has 7 nitrogen and oxygen atoms in total. The molecule has 2 atom stereocenters. The molecule has 0 radical (unpaired) electrons. The molecule has 0 saturated carbocycles. The fourth-order valence-electron chi connectivity index (χ4n) is 1.72. The number of likely N-dealkylation sites (tertiary alicyclic amines) is 1. The zero-order valence-corrected chi connectivity index (χ0v) is 11.0. The van der Waals surface area contributed by atoms with Crippen LogP contribution < -0.4 is 5.32 Å². The van der Waals surface area contributed by atoms with E-state index in [2.05, 4.69) is 10.1 Å². The predicted octanol–water partition coefficient (Wildman–Crippen LogP) is 0.363. The number of amides is 2. The van der Waals surface area contributed by atoms with E-state index in [9.17, 15) is 14.4 Å². The minimum Gasteiger partial charge on any atom is -0.466 e. The molecule has 0 bridgehead atoms. The third kappa shape index (κ3) is 3.97. The van der Waals surface area contributed by atoms with Crippen LogP contribution in [0.15, 0.2) is 12.2 Å². The quantitative estimate of drug-likeness (QED) is 0.555. The van der Waals surface area contributed by atoms with E-state index in [0.717, 1.165) is 4.90 Å². The summed E-state index contributed by atoms with van der Waals surface area (Å²) >= 11 is 0. The van der Waals surface area contributed by atoms with Crippen LogP contribution >= 0.6 is 0 Å². The van der Waals surface area contributed by atoms with Gasteiger partial charge in [-0.2, -0.15) is 0 Å². The maximum atomic E-state index is 11.9. The predicted molar refractivity (Wildman–Crippen MR) is 66.5 cm³/mol. The molecule has 0 spiro atoms. The highest BCUT2D eigenvalue weighted by Crippen LogP contribution is 2.17. The van der Waals surface area contributed by atoms with E-state index < -0.39 is 18.1 Å². The summed E-state index contributed by atoms with van der Waals surface area (Å²) in [5, 5.41) is 11.5. The molecule has 2 N–H and O–H groups in total. The van der Waals surface area contributed by atoms with Crippen LogP contribution in [0.1, 0.15) is 19.8 Å². The van der Waals surface area contributed by atoms with Gasteiger partial charge in [0, 0.05) is 18.7 Å². The molecule has 0 unspecified atom stereocenters. The molecule has 1 saturated heterocycles. The maximum absolute atomic E-state index is 11.9. The SMILES string of the molecule is CC[C@@H](/C=C/C(=O)OC)NC(=O)[C@@H]1CCN1C(=O)O. The number of carbonyl (C=O) groups is 3. The summed E-state index contributed by atoms with van der Waals surface area (Å²) in [5.41, 5.74) is 0. The molecule has 1 heterocycles. The summed E-state index contributed by atoms with van der Waals surface area (Å²) < 4.78 is 4.45. The normalized spacial score (nSPS) is 19.7. The van der Waals surface area contributed by atoms with Gasteiger partial charge in [-0.25, -0.2) is 9.59 Å². The first-order valence-corrected chi connectivity index (χ1v) is 6.05. The van der Waals surface area contributed by atoms with Gasteiger partial charge in [0.1, 0.15) is 6.04 Å². The van der Waals surface area contributed by atoms with Crippen LogP contribution in [0.4, 0.5) is 4.79 Å². The molecule has 0 aliphatic carbocycles. The summed E-state index contributed by atoms with van der Waals surface area (Å²) in [5.74, 6) is -0.835. The fraction of sp³-hybridized carbons (Fsp3) is 0.583. The Labute approximate surface area is 111 Å². The minimum atomic E-state index is -1.09. The number of ether oxygens (including phenoxy) is 1. The molecule has 1 aliphatic rings. The number of hydrogen-bond acceptors (Lipinski definition) is 4. The van der Waals surface area contributed by atoms with Crippen molar-refractivity contribution in [2.75, 3.05) is 13.7 Å². The highest BCUT2D eigenvalue weighted by molar-refractivity contribution is 5.87. The number of carboxylic acid groups (broad SMARTS) is 1. The van der Waals surface area contributed by atoms with Gasteiger partial charge in [-0.1, -0.05) is 13.0 Å². The van der Waals surface area contributed by atoms with E-state index in [1.165, 1.54) is 19.3 Å². The van der Waals surface area contributed by atoms with Crippen LogP contribution in [0.25, 0.3) is 0 Å². The first-order valence-electron chi connectivity index (χ1n) is 6.05. The topological polar surface area (TPSA) is 95.9 Å². The van der Waals surface area contributed by atoms with Crippen LogP contribution in [0.3, 0.4) is 0 Å². The second kappa shape index (κ2) is 6.77. The lowest BCUT2D eigenvalue weighted by atomic mass is 10.0. The number of rotatable bonds is 5. The van der Waals surface area contributed by atoms with E-state index in [1.807, 2.05) is 6.92 Å².